The van der Waals surface area contributed by atoms with Crippen LogP contribution in [0.1, 0.15) is 0 Å². The van der Waals surface area contributed by atoms with E-state index < -0.39 is 11.3 Å². The molecule has 22 heavy (non-hydrogen) atoms. The van der Waals surface area contributed by atoms with Gasteiger partial charge in [-0.15, -0.1) is 0 Å². The van der Waals surface area contributed by atoms with Gasteiger partial charge in [0, 0.05) is 55.6 Å². The first-order chi connectivity index (χ1) is 10.7. The molecule has 1 aromatic carbocycles. The van der Waals surface area contributed by atoms with Crippen LogP contribution in [0.5, 0.6) is 0 Å². The molecule has 0 amide bonds. The number of aromatic nitrogens is 1. The van der Waals surface area contributed by atoms with Gasteiger partial charge in [-0.25, -0.2) is 4.21 Å². The summed E-state index contributed by atoms with van der Waals surface area (Å²) >= 11 is -2.03. The van der Waals surface area contributed by atoms with Crippen LogP contribution < -0.4 is 14.5 Å². The molecule has 0 radical (unpaired) electrons. The van der Waals surface area contributed by atoms with Crippen molar-refractivity contribution in [2.75, 3.05) is 40.7 Å². The Morgan fingerprint density at radius 1 is 0.909 bits per heavy atom. The van der Waals surface area contributed by atoms with Crippen LogP contribution in [0.3, 0.4) is 0 Å². The average Bonchev–Trinajstić information content (AvgIpc) is 2.56. The lowest BCUT2D eigenvalue weighted by Gasteiger charge is -2.37. The Kier molecular flexibility index (Phi) is 4.55. The number of nitrogens with one attached hydrogen (secondary N) is 1. The van der Waals surface area contributed by atoms with Crippen LogP contribution in [0.2, 0.25) is 0 Å². The molecule has 1 fully saturated rings. The molecule has 6 nitrogen and oxygen atoms in total. The molecule has 2 heterocycles. The average molecular weight is 318 g/mol. The highest BCUT2D eigenvalue weighted by molar-refractivity contribution is 7.80. The zero-order chi connectivity index (χ0) is 15.4. The SMILES string of the molecule is O=S(O)Nc1ccc(N2CCN(c3ccncc3)CC2)cc1. The van der Waals surface area contributed by atoms with E-state index in [4.69, 9.17) is 4.55 Å². The molecule has 0 bridgehead atoms. The molecule has 3 rings (SSSR count). The fourth-order valence-corrected chi connectivity index (χ4v) is 2.96. The molecule has 1 aliphatic rings. The molecular weight excluding hydrogens is 300 g/mol. The van der Waals surface area contributed by atoms with Crippen LogP contribution in [0, 0.1) is 0 Å². The summed E-state index contributed by atoms with van der Waals surface area (Å²) in [5, 5.41) is 0. The number of hydrogen-bond donors (Lipinski definition) is 2. The Morgan fingerprint density at radius 2 is 1.41 bits per heavy atom. The van der Waals surface area contributed by atoms with Gasteiger partial charge in [0.25, 0.3) is 11.3 Å². The van der Waals surface area contributed by atoms with Gasteiger partial charge in [-0.1, -0.05) is 0 Å². The van der Waals surface area contributed by atoms with E-state index in [0.717, 1.165) is 31.9 Å². The second-order valence-electron chi connectivity index (χ2n) is 5.08. The Hall–Kier alpha value is -2.12. The lowest BCUT2D eigenvalue weighted by molar-refractivity contribution is 0.570. The standard InChI is InChI=1S/C15H18N4O2S/c20-22(21)17-13-1-3-14(4-2-13)18-9-11-19(12-10-18)15-5-7-16-8-6-15/h1-8,17H,9-12H2,(H,20,21). The van der Waals surface area contributed by atoms with Gasteiger partial charge >= 0.3 is 0 Å². The normalized spacial score (nSPS) is 16.4. The maximum Gasteiger partial charge on any atom is 0.259 e. The van der Waals surface area contributed by atoms with Crippen molar-refractivity contribution in [3.8, 4) is 0 Å². The van der Waals surface area contributed by atoms with Crippen molar-refractivity contribution < 1.29 is 8.76 Å². The minimum atomic E-state index is -2.03. The number of benzene rings is 1. The Balaban J connectivity index is 1.60. The van der Waals surface area contributed by atoms with Crippen LogP contribution in [0.25, 0.3) is 0 Å². The largest absolute Gasteiger partial charge is 0.368 e. The van der Waals surface area contributed by atoms with Crippen molar-refractivity contribution >= 4 is 28.3 Å². The first-order valence-corrected chi connectivity index (χ1v) is 8.20. The first-order valence-electron chi connectivity index (χ1n) is 7.10. The molecule has 0 aliphatic carbocycles. The van der Waals surface area contributed by atoms with E-state index in [2.05, 4.69) is 19.5 Å². The van der Waals surface area contributed by atoms with Gasteiger partial charge in [0.2, 0.25) is 0 Å². The van der Waals surface area contributed by atoms with Crippen LogP contribution in [-0.2, 0) is 11.3 Å². The van der Waals surface area contributed by atoms with Crippen molar-refractivity contribution in [1.29, 1.82) is 0 Å². The predicted octanol–water partition coefficient (Wildman–Crippen LogP) is 1.96. The van der Waals surface area contributed by atoms with Crippen LogP contribution in [-0.4, -0.2) is 39.9 Å². The Labute approximate surface area is 132 Å². The van der Waals surface area contributed by atoms with E-state index >= 15 is 0 Å². The van der Waals surface area contributed by atoms with Crippen LogP contribution in [0.15, 0.2) is 48.8 Å². The minimum absolute atomic E-state index is 0.639. The zero-order valence-corrected chi connectivity index (χ0v) is 12.9. The topological polar surface area (TPSA) is 68.7 Å². The summed E-state index contributed by atoms with van der Waals surface area (Å²) in [6, 6.07) is 11.6. The van der Waals surface area contributed by atoms with E-state index in [1.165, 1.54) is 5.69 Å². The second-order valence-corrected chi connectivity index (χ2v) is 5.78. The number of rotatable bonds is 4. The molecule has 1 atom stereocenters. The molecule has 1 unspecified atom stereocenters. The fraction of sp³-hybridized carbons (Fsp3) is 0.267. The number of hydrogen-bond acceptors (Lipinski definition) is 4. The highest BCUT2D eigenvalue weighted by Gasteiger charge is 2.17. The highest BCUT2D eigenvalue weighted by atomic mass is 32.2. The third-order valence-electron chi connectivity index (χ3n) is 3.75. The van der Waals surface area contributed by atoms with Gasteiger partial charge in [0.05, 0.1) is 0 Å². The van der Waals surface area contributed by atoms with Gasteiger partial charge in [0.15, 0.2) is 0 Å². The molecule has 7 heteroatoms. The monoisotopic (exact) mass is 318 g/mol. The molecule has 2 N–H and O–H groups in total. The molecule has 1 saturated heterocycles. The molecule has 1 aliphatic heterocycles. The van der Waals surface area contributed by atoms with Gasteiger partial charge in [-0.05, 0) is 36.4 Å². The van der Waals surface area contributed by atoms with Gasteiger partial charge in [-0.2, -0.15) is 0 Å². The maximum atomic E-state index is 10.7. The third-order valence-corrected chi connectivity index (χ3v) is 4.16. The number of nitrogens with zero attached hydrogens (tertiary/aromatic N) is 3. The lowest BCUT2D eigenvalue weighted by atomic mass is 10.2. The molecule has 0 saturated carbocycles. The predicted molar refractivity (Wildman–Crippen MR) is 89.5 cm³/mol. The number of piperazine rings is 1. The molecule has 1 aromatic heterocycles. The summed E-state index contributed by atoms with van der Waals surface area (Å²) in [6.07, 6.45) is 3.64. The molecule has 116 valence electrons. The fourth-order valence-electron chi connectivity index (χ4n) is 2.62. The van der Waals surface area contributed by atoms with Gasteiger partial charge < -0.3 is 9.80 Å². The summed E-state index contributed by atoms with van der Waals surface area (Å²) in [6.45, 7) is 3.82. The zero-order valence-electron chi connectivity index (χ0n) is 12.1. The Bertz CT molecular complexity index is 628. The quantitative estimate of drug-likeness (QED) is 0.844. The molecule has 0 spiro atoms. The van der Waals surface area contributed by atoms with E-state index in [-0.39, 0.29) is 0 Å². The Morgan fingerprint density at radius 3 is 1.91 bits per heavy atom. The lowest BCUT2D eigenvalue weighted by Crippen LogP contribution is -2.46. The summed E-state index contributed by atoms with van der Waals surface area (Å²) in [5.41, 5.74) is 2.98. The minimum Gasteiger partial charge on any atom is -0.368 e. The third kappa shape index (κ3) is 3.55. The van der Waals surface area contributed by atoms with Crippen molar-refractivity contribution in [3.05, 3.63) is 48.8 Å². The van der Waals surface area contributed by atoms with E-state index in [0.29, 0.717) is 5.69 Å². The van der Waals surface area contributed by atoms with Crippen molar-refractivity contribution in [2.45, 2.75) is 0 Å². The summed E-state index contributed by atoms with van der Waals surface area (Å²) in [5.74, 6) is 0. The van der Waals surface area contributed by atoms with E-state index in [1.54, 1.807) is 0 Å². The van der Waals surface area contributed by atoms with E-state index in [1.807, 2.05) is 48.8 Å². The van der Waals surface area contributed by atoms with Crippen LogP contribution in [0.4, 0.5) is 17.1 Å². The molecule has 2 aromatic rings. The highest BCUT2D eigenvalue weighted by Crippen LogP contribution is 2.21. The summed E-state index contributed by atoms with van der Waals surface area (Å²) < 4.78 is 22.0. The first kappa shape index (κ1) is 14.8. The summed E-state index contributed by atoms with van der Waals surface area (Å²) in [7, 11) is 0. The van der Waals surface area contributed by atoms with Crippen LogP contribution >= 0.6 is 0 Å². The summed E-state index contributed by atoms with van der Waals surface area (Å²) in [4.78, 5) is 8.72. The second kappa shape index (κ2) is 6.76. The smallest absolute Gasteiger partial charge is 0.259 e. The molecular formula is C15H18N4O2S. The maximum absolute atomic E-state index is 10.7. The van der Waals surface area contributed by atoms with Crippen molar-refractivity contribution in [3.63, 3.8) is 0 Å². The van der Waals surface area contributed by atoms with Crippen molar-refractivity contribution in [2.24, 2.45) is 0 Å². The van der Waals surface area contributed by atoms with Crippen molar-refractivity contribution in [1.82, 2.24) is 4.98 Å². The number of pyridine rings is 1. The van der Waals surface area contributed by atoms with E-state index in [9.17, 15) is 4.21 Å². The number of anilines is 3. The van der Waals surface area contributed by atoms with Gasteiger partial charge in [-0.3, -0.25) is 14.3 Å². The van der Waals surface area contributed by atoms with Gasteiger partial charge in [0.1, 0.15) is 0 Å².